The molecule has 0 spiro atoms. The molecule has 0 unspecified atom stereocenters. The van der Waals surface area contributed by atoms with Crippen LogP contribution < -0.4 is 0 Å². The molecular weight excluding hydrogens is 593 g/mol. The second-order valence-corrected chi connectivity index (χ2v) is 12.5. The Morgan fingerprint density at radius 2 is 1.31 bits per heavy atom. The molecular formula is C47H32N2. The van der Waals surface area contributed by atoms with Gasteiger partial charge in [-0.15, -0.1) is 0 Å². The highest BCUT2D eigenvalue weighted by Gasteiger charge is 2.22. The van der Waals surface area contributed by atoms with Crippen molar-refractivity contribution < 1.29 is 0 Å². The third kappa shape index (κ3) is 4.57. The minimum atomic E-state index is 0.993. The van der Waals surface area contributed by atoms with Crippen molar-refractivity contribution in [1.82, 2.24) is 9.97 Å². The molecule has 9 rings (SSSR count). The van der Waals surface area contributed by atoms with Crippen LogP contribution in [0.3, 0.4) is 0 Å². The molecule has 0 amide bonds. The van der Waals surface area contributed by atoms with Gasteiger partial charge in [0, 0.05) is 34.1 Å². The quantitative estimate of drug-likeness (QED) is 0.141. The number of aromatic nitrogens is 2. The molecule has 0 atom stereocenters. The van der Waals surface area contributed by atoms with Crippen LogP contribution in [0.15, 0.2) is 165 Å². The molecule has 0 saturated carbocycles. The minimum absolute atomic E-state index is 0.993. The summed E-state index contributed by atoms with van der Waals surface area (Å²) >= 11 is 0. The van der Waals surface area contributed by atoms with E-state index in [1.807, 2.05) is 24.5 Å². The number of rotatable bonds is 5. The van der Waals surface area contributed by atoms with Crippen molar-refractivity contribution in [3.8, 4) is 22.4 Å². The van der Waals surface area contributed by atoms with E-state index in [-0.39, 0.29) is 0 Å². The largest absolute Gasteiger partial charge is 0.256 e. The van der Waals surface area contributed by atoms with Crippen LogP contribution in [-0.2, 0) is 0 Å². The van der Waals surface area contributed by atoms with Gasteiger partial charge in [0.1, 0.15) is 0 Å². The Labute approximate surface area is 285 Å². The number of nitrogens with zero attached hydrogens (tertiary/aromatic N) is 2. The normalized spacial score (nSPS) is 12.0. The first kappa shape index (κ1) is 28.8. The van der Waals surface area contributed by atoms with Gasteiger partial charge in [0.15, 0.2) is 0 Å². The minimum Gasteiger partial charge on any atom is -0.256 e. The fourth-order valence-corrected chi connectivity index (χ4v) is 7.72. The summed E-state index contributed by atoms with van der Waals surface area (Å²) in [5.41, 5.74) is 10.1. The van der Waals surface area contributed by atoms with Crippen LogP contribution in [0.1, 0.15) is 23.6 Å². The number of fused-ring (bicyclic) bond motifs is 6. The zero-order chi connectivity index (χ0) is 32.9. The van der Waals surface area contributed by atoms with Crippen LogP contribution in [0.4, 0.5) is 0 Å². The lowest BCUT2D eigenvalue weighted by Gasteiger charge is -2.21. The molecule has 0 aliphatic carbocycles. The summed E-state index contributed by atoms with van der Waals surface area (Å²) in [6.45, 7) is 6.32. The molecule has 2 heteroatoms. The van der Waals surface area contributed by atoms with E-state index in [9.17, 15) is 0 Å². The summed E-state index contributed by atoms with van der Waals surface area (Å²) in [6.07, 6.45) is 8.03. The van der Waals surface area contributed by atoms with E-state index in [2.05, 4.69) is 153 Å². The highest BCUT2D eigenvalue weighted by Crippen LogP contribution is 2.46. The van der Waals surface area contributed by atoms with E-state index in [0.29, 0.717) is 0 Å². The maximum absolute atomic E-state index is 5.08. The molecule has 0 aliphatic rings. The van der Waals surface area contributed by atoms with Crippen LogP contribution in [-0.4, -0.2) is 9.97 Å². The first-order valence-electron chi connectivity index (χ1n) is 16.7. The van der Waals surface area contributed by atoms with E-state index < -0.39 is 0 Å². The molecule has 7 aromatic carbocycles. The molecule has 0 aliphatic heterocycles. The summed E-state index contributed by atoms with van der Waals surface area (Å²) in [4.78, 5) is 9.95. The third-order valence-corrected chi connectivity index (χ3v) is 9.89. The highest BCUT2D eigenvalue weighted by atomic mass is 14.7. The van der Waals surface area contributed by atoms with E-state index >= 15 is 0 Å². The van der Waals surface area contributed by atoms with Gasteiger partial charge in [0.2, 0.25) is 0 Å². The van der Waals surface area contributed by atoms with Gasteiger partial charge in [0.05, 0.1) is 11.2 Å². The monoisotopic (exact) mass is 624 g/mol. The first-order valence-corrected chi connectivity index (χ1v) is 16.7. The lowest BCUT2D eigenvalue weighted by Crippen LogP contribution is -1.98. The van der Waals surface area contributed by atoms with E-state index in [1.165, 1.54) is 54.4 Å². The Morgan fingerprint density at radius 3 is 2.18 bits per heavy atom. The zero-order valence-corrected chi connectivity index (χ0v) is 27.2. The predicted molar refractivity (Wildman–Crippen MR) is 210 cm³/mol. The number of hydrogen-bond donors (Lipinski definition) is 0. The lowest BCUT2D eigenvalue weighted by molar-refractivity contribution is 1.37. The fraction of sp³-hybridized carbons (Fsp3) is 0.0213. The van der Waals surface area contributed by atoms with Gasteiger partial charge in [-0.25, -0.2) is 0 Å². The van der Waals surface area contributed by atoms with Crippen molar-refractivity contribution in [2.45, 2.75) is 6.92 Å². The molecule has 0 fully saturated rings. The average molecular weight is 625 g/mol. The number of benzene rings is 7. The van der Waals surface area contributed by atoms with Crippen molar-refractivity contribution in [2.24, 2.45) is 0 Å². The Hall–Kier alpha value is -6.38. The van der Waals surface area contributed by atoms with Crippen LogP contribution in [0.5, 0.6) is 0 Å². The van der Waals surface area contributed by atoms with Crippen molar-refractivity contribution in [1.29, 1.82) is 0 Å². The molecule has 2 heterocycles. The summed E-state index contributed by atoms with van der Waals surface area (Å²) in [5, 5.41) is 10.5. The van der Waals surface area contributed by atoms with Crippen LogP contribution in [0.25, 0.3) is 88.0 Å². The number of allylic oxidation sites excluding steroid dienone is 1. The van der Waals surface area contributed by atoms with E-state index in [4.69, 9.17) is 9.97 Å². The van der Waals surface area contributed by atoms with Gasteiger partial charge in [-0.2, -0.15) is 0 Å². The van der Waals surface area contributed by atoms with Crippen LogP contribution >= 0.6 is 0 Å². The number of pyridine rings is 2. The van der Waals surface area contributed by atoms with Gasteiger partial charge in [-0.3, -0.25) is 9.97 Å². The second-order valence-electron chi connectivity index (χ2n) is 12.5. The predicted octanol–water partition coefficient (Wildman–Crippen LogP) is 12.7. The molecule has 0 bridgehead atoms. The molecule has 0 saturated heterocycles. The van der Waals surface area contributed by atoms with Gasteiger partial charge < -0.3 is 0 Å². The molecule has 0 N–H and O–H groups in total. The van der Waals surface area contributed by atoms with Crippen molar-refractivity contribution in [2.75, 3.05) is 0 Å². The number of hydrogen-bond acceptors (Lipinski definition) is 2. The van der Waals surface area contributed by atoms with E-state index in [0.717, 1.165) is 44.2 Å². The molecule has 9 aromatic rings. The Bertz CT molecular complexity index is 2800. The van der Waals surface area contributed by atoms with Gasteiger partial charge in [-0.05, 0) is 90.8 Å². The van der Waals surface area contributed by atoms with Gasteiger partial charge in [-0.1, -0.05) is 140 Å². The fourth-order valence-electron chi connectivity index (χ4n) is 7.72. The summed E-state index contributed by atoms with van der Waals surface area (Å²) in [7, 11) is 0. The maximum atomic E-state index is 5.08. The maximum Gasteiger partial charge on any atom is 0.0792 e. The van der Waals surface area contributed by atoms with Crippen molar-refractivity contribution in [3.05, 3.63) is 181 Å². The molecule has 2 aromatic heterocycles. The van der Waals surface area contributed by atoms with Gasteiger partial charge >= 0.3 is 0 Å². The van der Waals surface area contributed by atoms with Crippen molar-refractivity contribution >= 4 is 65.6 Å². The Balaban J connectivity index is 1.46. The Morgan fingerprint density at radius 1 is 0.571 bits per heavy atom. The smallest absolute Gasteiger partial charge is 0.0792 e. The van der Waals surface area contributed by atoms with E-state index in [1.54, 1.807) is 0 Å². The summed E-state index contributed by atoms with van der Waals surface area (Å²) in [6, 6.07) is 50.1. The summed E-state index contributed by atoms with van der Waals surface area (Å²) in [5.74, 6) is 0. The molecule has 230 valence electrons. The van der Waals surface area contributed by atoms with Crippen LogP contribution in [0, 0.1) is 0 Å². The lowest BCUT2D eigenvalue weighted by atomic mass is 9.82. The molecule has 0 radical (unpaired) electrons. The standard InChI is InChI=1S/C47H32N2/c1-3-30-13-5-7-17-36(30)35(4-2)44-39-19-9-10-20-40(39)45(47-38-18-8-6-14-31(38)26-28-49-47)41-25-24-34(29-42(41)44)37-21-11-15-32-22-23-33-16-12-27-48-46(33)43(32)37/h3-29H,1H2,2H3/b35-4+. The average Bonchev–Trinajstić information content (AvgIpc) is 3.17. The van der Waals surface area contributed by atoms with Crippen molar-refractivity contribution in [3.63, 3.8) is 0 Å². The Kier molecular flexibility index (Phi) is 6.88. The SMILES string of the molecule is C=Cc1ccccc1/C(=C\C)c1c2ccccc2c(-c2nccc3ccccc23)c2ccc(-c3cccc4ccc5cccnc5c34)cc12. The first-order chi connectivity index (χ1) is 24.2. The topological polar surface area (TPSA) is 25.8 Å². The second kappa shape index (κ2) is 11.7. The molecule has 49 heavy (non-hydrogen) atoms. The molecule has 2 nitrogen and oxygen atoms in total. The highest BCUT2D eigenvalue weighted by molar-refractivity contribution is 6.23. The zero-order valence-electron chi connectivity index (χ0n) is 27.2. The van der Waals surface area contributed by atoms with Crippen LogP contribution in [0.2, 0.25) is 0 Å². The third-order valence-electron chi connectivity index (χ3n) is 9.89. The summed E-state index contributed by atoms with van der Waals surface area (Å²) < 4.78 is 0. The van der Waals surface area contributed by atoms with Gasteiger partial charge in [0.25, 0.3) is 0 Å².